The summed E-state index contributed by atoms with van der Waals surface area (Å²) in [5.41, 5.74) is 3.49. The van der Waals surface area contributed by atoms with E-state index in [1.165, 1.54) is 16.3 Å². The number of rotatable bonds is 4. The molecule has 9 heteroatoms. The lowest BCUT2D eigenvalue weighted by molar-refractivity contribution is -2.00. The molecule has 0 amide bonds. The number of pyridine rings is 2. The van der Waals surface area contributed by atoms with Crippen LogP contribution in [0.25, 0.3) is 27.3 Å². The van der Waals surface area contributed by atoms with Crippen LogP contribution in [0.3, 0.4) is 0 Å². The molecule has 0 radical (unpaired) electrons. The van der Waals surface area contributed by atoms with Crippen molar-refractivity contribution in [3.8, 4) is 5.75 Å². The number of ether oxygens (including phenoxy) is 1. The minimum absolute atomic E-state index is 0.728. The van der Waals surface area contributed by atoms with E-state index >= 15 is 0 Å². The van der Waals surface area contributed by atoms with E-state index in [2.05, 4.69) is 67.9 Å². The molecule has 3 aromatic heterocycles. The van der Waals surface area contributed by atoms with E-state index in [4.69, 9.17) is 23.4 Å². The molecule has 0 fully saturated rings. The van der Waals surface area contributed by atoms with E-state index in [-0.39, 0.29) is 0 Å². The van der Waals surface area contributed by atoms with Gasteiger partial charge in [0.2, 0.25) is 11.7 Å². The number of hydrogen-bond donors (Lipinski definition) is 1. The van der Waals surface area contributed by atoms with Gasteiger partial charge in [0.05, 0.1) is 6.61 Å². The smallest absolute Gasteiger partial charge is 0.235 e. The number of H-pyrrole nitrogens is 1. The second-order valence-corrected chi connectivity index (χ2v) is 7.25. The molecule has 0 aliphatic heterocycles. The number of fused-ring (bicyclic) bond motifs is 5. The Labute approximate surface area is 165 Å². The van der Waals surface area contributed by atoms with Crippen LogP contribution in [0, 0.1) is 10.2 Å². The standard InChI is InChI=1S/C18H15BrN2O.ClHO4/c19-9-3-11-22-13-6-7-17-18-15(8-10-21(17)12-13)14-4-1-2-5-16(14)20-18;2-1(3,4)5/h1-2,4-8,10,12H,3,9,11H2;(H,2,3,4,5). The molecular formula is C18H16BrClN2O5. The van der Waals surface area contributed by atoms with Gasteiger partial charge < -0.3 is 9.72 Å². The molecule has 7 nitrogen and oxygen atoms in total. The predicted molar refractivity (Wildman–Crippen MR) is 92.9 cm³/mol. The van der Waals surface area contributed by atoms with Crippen LogP contribution >= 0.6 is 15.9 Å². The molecule has 0 bridgehead atoms. The molecule has 0 aliphatic rings. The van der Waals surface area contributed by atoms with E-state index < -0.39 is 10.2 Å². The van der Waals surface area contributed by atoms with E-state index in [1.807, 2.05) is 12.3 Å². The van der Waals surface area contributed by atoms with Crippen LogP contribution in [0.15, 0.2) is 54.9 Å². The van der Waals surface area contributed by atoms with E-state index in [1.54, 1.807) is 0 Å². The maximum Gasteiger partial charge on any atom is 0.235 e. The summed E-state index contributed by atoms with van der Waals surface area (Å²) in [6, 6.07) is 14.7. The van der Waals surface area contributed by atoms with Crippen molar-refractivity contribution >= 4 is 43.3 Å². The Bertz CT molecular complexity index is 1060. The lowest BCUT2D eigenvalue weighted by atomic mass is 10.1. The third-order valence-electron chi connectivity index (χ3n) is 3.90. The van der Waals surface area contributed by atoms with Crippen LogP contribution in [0.4, 0.5) is 0 Å². The molecule has 0 unspecified atom stereocenters. The van der Waals surface area contributed by atoms with Gasteiger partial charge in [0.1, 0.15) is 5.52 Å². The lowest BCUT2D eigenvalue weighted by Crippen LogP contribution is -2.68. The van der Waals surface area contributed by atoms with Gasteiger partial charge in [0.15, 0.2) is 11.9 Å². The number of benzene rings is 1. The number of alkyl halides is 1. The molecule has 0 atom stereocenters. The van der Waals surface area contributed by atoms with Gasteiger partial charge in [0.25, 0.3) is 0 Å². The molecule has 1 aromatic carbocycles. The van der Waals surface area contributed by atoms with Gasteiger partial charge in [-0.3, -0.25) is 0 Å². The Hall–Kier alpha value is -1.94. The van der Waals surface area contributed by atoms with Gasteiger partial charge in [0, 0.05) is 33.8 Å². The SMILES string of the molecule is BrCCCOc1ccc2c3[nH]c4ccccc4c3cc[n+]2c1.[O-][Cl+3]([O-])([O-])[O-]. The highest BCUT2D eigenvalue weighted by Crippen LogP contribution is 2.26. The summed E-state index contributed by atoms with van der Waals surface area (Å²) in [7, 11) is -4.94. The van der Waals surface area contributed by atoms with Crippen LogP contribution in [0.1, 0.15) is 6.42 Å². The fraction of sp³-hybridized carbons (Fsp3) is 0.167. The highest BCUT2D eigenvalue weighted by Gasteiger charge is 2.13. The third kappa shape index (κ3) is 5.07. The van der Waals surface area contributed by atoms with Gasteiger partial charge in [-0.2, -0.15) is 4.40 Å². The molecule has 142 valence electrons. The Morgan fingerprint density at radius 3 is 2.48 bits per heavy atom. The second-order valence-electron chi connectivity index (χ2n) is 5.70. The molecule has 0 saturated heterocycles. The van der Waals surface area contributed by atoms with Gasteiger partial charge in [-0.05, 0) is 18.6 Å². The third-order valence-corrected chi connectivity index (χ3v) is 4.46. The average Bonchev–Trinajstić information content (AvgIpc) is 2.99. The first-order chi connectivity index (χ1) is 12.9. The molecular weight excluding hydrogens is 440 g/mol. The first kappa shape index (κ1) is 19.8. The monoisotopic (exact) mass is 454 g/mol. The number of hydrogen-bond acceptors (Lipinski definition) is 5. The summed E-state index contributed by atoms with van der Waals surface area (Å²) < 4.78 is 41.8. The van der Waals surface area contributed by atoms with Crippen LogP contribution in [0.5, 0.6) is 5.75 Å². The Morgan fingerprint density at radius 2 is 1.74 bits per heavy atom. The largest absolute Gasteiger partial charge is 0.487 e. The van der Waals surface area contributed by atoms with Crippen molar-refractivity contribution in [1.82, 2.24) is 4.98 Å². The van der Waals surface area contributed by atoms with Crippen molar-refractivity contribution in [3.63, 3.8) is 0 Å². The topological polar surface area (TPSA) is 121 Å². The van der Waals surface area contributed by atoms with E-state index in [0.29, 0.717) is 0 Å². The molecule has 1 N–H and O–H groups in total. The summed E-state index contributed by atoms with van der Waals surface area (Å²) >= 11 is 3.42. The number of nitrogens with zero attached hydrogens (tertiary/aromatic N) is 1. The summed E-state index contributed by atoms with van der Waals surface area (Å²) in [6.07, 6.45) is 5.13. The van der Waals surface area contributed by atoms with Crippen LogP contribution < -0.4 is 27.8 Å². The Kier molecular flexibility index (Phi) is 6.15. The Morgan fingerprint density at radius 1 is 1.00 bits per heavy atom. The van der Waals surface area contributed by atoms with Gasteiger partial charge in [-0.15, -0.1) is 10.2 Å². The van der Waals surface area contributed by atoms with Crippen molar-refractivity contribution in [2.75, 3.05) is 11.9 Å². The summed E-state index contributed by atoms with van der Waals surface area (Å²) in [4.78, 5) is 3.52. The first-order valence-electron chi connectivity index (χ1n) is 8.02. The fourth-order valence-electron chi connectivity index (χ4n) is 2.86. The minimum atomic E-state index is -4.94. The number of aromatic nitrogens is 2. The normalized spacial score (nSPS) is 11.6. The minimum Gasteiger partial charge on any atom is -0.487 e. The maximum atomic E-state index is 8.49. The van der Waals surface area contributed by atoms with Crippen LogP contribution in [0.2, 0.25) is 0 Å². The fourth-order valence-corrected chi connectivity index (χ4v) is 3.09. The van der Waals surface area contributed by atoms with E-state index in [0.717, 1.165) is 35.1 Å². The molecule has 0 spiro atoms. The van der Waals surface area contributed by atoms with Gasteiger partial charge in [-0.1, -0.05) is 34.1 Å². The quantitative estimate of drug-likeness (QED) is 0.252. The second kappa shape index (κ2) is 8.39. The molecule has 0 saturated carbocycles. The van der Waals surface area contributed by atoms with Gasteiger partial charge >= 0.3 is 0 Å². The summed E-state index contributed by atoms with van der Waals surface area (Å²) in [5.74, 6) is 0.897. The van der Waals surface area contributed by atoms with Crippen LogP contribution in [-0.2, 0) is 0 Å². The van der Waals surface area contributed by atoms with Crippen molar-refractivity contribution in [2.45, 2.75) is 6.42 Å². The highest BCUT2D eigenvalue weighted by atomic mass is 79.9. The van der Waals surface area contributed by atoms with Crippen molar-refractivity contribution in [1.29, 1.82) is 0 Å². The number of para-hydroxylation sites is 1. The van der Waals surface area contributed by atoms with E-state index in [9.17, 15) is 0 Å². The lowest BCUT2D eigenvalue weighted by Gasteiger charge is -2.17. The number of halogens is 2. The zero-order valence-electron chi connectivity index (χ0n) is 14.1. The summed E-state index contributed by atoms with van der Waals surface area (Å²) in [5, 5.41) is 3.48. The average molecular weight is 456 g/mol. The van der Waals surface area contributed by atoms with Crippen molar-refractivity contribution < 1.29 is 38.0 Å². The molecule has 0 aliphatic carbocycles. The molecule has 3 heterocycles. The zero-order chi connectivity index (χ0) is 19.4. The molecule has 4 rings (SSSR count). The van der Waals surface area contributed by atoms with Crippen molar-refractivity contribution in [3.05, 3.63) is 54.9 Å². The molecule has 27 heavy (non-hydrogen) atoms. The predicted octanol–water partition coefficient (Wildman–Crippen LogP) is -0.532. The molecule has 4 aromatic rings. The van der Waals surface area contributed by atoms with Crippen molar-refractivity contribution in [2.24, 2.45) is 0 Å². The maximum absolute atomic E-state index is 8.49. The zero-order valence-corrected chi connectivity index (χ0v) is 16.4. The Balaban J connectivity index is 0.000000376. The summed E-state index contributed by atoms with van der Waals surface area (Å²) in [6.45, 7) is 0.728. The van der Waals surface area contributed by atoms with Gasteiger partial charge in [-0.25, -0.2) is 18.6 Å². The number of aromatic amines is 1. The highest BCUT2D eigenvalue weighted by molar-refractivity contribution is 9.09. The van der Waals surface area contributed by atoms with Crippen LogP contribution in [-0.4, -0.2) is 16.9 Å². The first-order valence-corrected chi connectivity index (χ1v) is 10.4. The number of nitrogens with one attached hydrogen (secondary N) is 1.